The van der Waals surface area contributed by atoms with Gasteiger partial charge in [-0.25, -0.2) is 0 Å². The van der Waals surface area contributed by atoms with Gasteiger partial charge in [0.1, 0.15) is 0 Å². The normalized spacial score (nSPS) is 18.4. The fourth-order valence-electron chi connectivity index (χ4n) is 2.99. The molecular weight excluding hydrogens is 361 g/mol. The van der Waals surface area contributed by atoms with Gasteiger partial charge in [0.05, 0.1) is 11.3 Å². The second kappa shape index (κ2) is 7.34. The molecule has 7 heteroatoms. The average Bonchev–Trinajstić information content (AvgIpc) is 3.11. The van der Waals surface area contributed by atoms with E-state index in [9.17, 15) is 4.79 Å². The van der Waals surface area contributed by atoms with Crippen LogP contribution in [0, 0.1) is 5.41 Å². The zero-order chi connectivity index (χ0) is 18.0. The summed E-state index contributed by atoms with van der Waals surface area (Å²) in [5, 5.41) is 4.69. The molecule has 0 saturated carbocycles. The Balaban J connectivity index is 1.75. The molecule has 1 aromatic heterocycles. The van der Waals surface area contributed by atoms with Crippen LogP contribution in [0.25, 0.3) is 11.4 Å². The second-order valence-corrected chi connectivity index (χ2v) is 7.78. The molecule has 2 aromatic rings. The fraction of sp³-hybridized carbons (Fsp3) is 0.500. The predicted molar refractivity (Wildman–Crippen MR) is 97.8 cm³/mol. The minimum absolute atomic E-state index is 0.0456. The molecule has 3 rings (SSSR count). The van der Waals surface area contributed by atoms with Gasteiger partial charge in [-0.05, 0) is 38.8 Å². The molecule has 1 atom stereocenters. The predicted octanol–water partition coefficient (Wildman–Crippen LogP) is 4.36. The number of carbonyl (C=O) groups is 1. The summed E-state index contributed by atoms with van der Waals surface area (Å²) in [6.07, 6.45) is 1.83. The molecule has 1 aromatic carbocycles. The van der Waals surface area contributed by atoms with Crippen LogP contribution in [0.2, 0.25) is 5.02 Å². The Morgan fingerprint density at radius 3 is 2.96 bits per heavy atom. The van der Waals surface area contributed by atoms with E-state index in [2.05, 4.69) is 10.1 Å². The number of hydrogen-bond donors (Lipinski definition) is 0. The summed E-state index contributed by atoms with van der Waals surface area (Å²) in [5.74, 6) is 1.50. The highest BCUT2D eigenvalue weighted by Gasteiger charge is 2.35. The topological polar surface area (TPSA) is 59.2 Å². The third-order valence-corrected chi connectivity index (χ3v) is 5.40. The lowest BCUT2D eigenvalue weighted by Gasteiger charge is -2.35. The zero-order valence-corrected chi connectivity index (χ0v) is 15.8. The number of halogens is 2. The molecule has 1 aliphatic heterocycles. The number of nitrogens with zero attached hydrogens (tertiary/aromatic N) is 3. The number of alkyl halides is 1. The highest BCUT2D eigenvalue weighted by Crippen LogP contribution is 2.31. The van der Waals surface area contributed by atoms with Crippen molar-refractivity contribution in [3.8, 4) is 11.4 Å². The molecule has 2 heterocycles. The highest BCUT2D eigenvalue weighted by molar-refractivity contribution is 6.30. The average molecular weight is 382 g/mol. The van der Waals surface area contributed by atoms with Crippen LogP contribution in [-0.2, 0) is 4.79 Å². The highest BCUT2D eigenvalue weighted by atomic mass is 35.5. The molecule has 0 spiro atoms. The van der Waals surface area contributed by atoms with Crippen LogP contribution in [0.15, 0.2) is 28.8 Å². The molecule has 1 fully saturated rings. The maximum absolute atomic E-state index is 12.7. The first kappa shape index (κ1) is 18.2. The van der Waals surface area contributed by atoms with Gasteiger partial charge >= 0.3 is 0 Å². The molecule has 0 radical (unpaired) electrons. The summed E-state index contributed by atoms with van der Waals surface area (Å²) in [7, 11) is 0. The number of hydrogen-bond acceptors (Lipinski definition) is 4. The smallest absolute Gasteiger partial charge is 0.231 e. The van der Waals surface area contributed by atoms with E-state index >= 15 is 0 Å². The van der Waals surface area contributed by atoms with Gasteiger partial charge in [-0.1, -0.05) is 28.9 Å². The Hall–Kier alpha value is -1.59. The minimum Gasteiger partial charge on any atom is -0.341 e. The van der Waals surface area contributed by atoms with E-state index in [-0.39, 0.29) is 11.8 Å². The molecule has 134 valence electrons. The Bertz CT molecular complexity index is 760. The summed E-state index contributed by atoms with van der Waals surface area (Å²) in [6.45, 7) is 5.06. The van der Waals surface area contributed by atoms with Gasteiger partial charge in [-0.3, -0.25) is 4.79 Å². The standard InChI is InChI=1S/C18H21Cl2N3O2/c1-18(2,11-19)17(24)23-8-4-6-13(10-23)16-21-15(22-25-16)12-5-3-7-14(20)9-12/h3,5,7,9,13H,4,6,8,10-11H2,1-2H3/t13-/m0/s1. The van der Waals surface area contributed by atoms with Gasteiger partial charge in [0, 0.05) is 29.6 Å². The molecule has 25 heavy (non-hydrogen) atoms. The summed E-state index contributed by atoms with van der Waals surface area (Å²) >= 11 is 12.0. The number of piperidine rings is 1. The maximum Gasteiger partial charge on any atom is 0.231 e. The van der Waals surface area contributed by atoms with E-state index < -0.39 is 5.41 Å². The molecule has 0 unspecified atom stereocenters. The van der Waals surface area contributed by atoms with Crippen molar-refractivity contribution < 1.29 is 9.32 Å². The van der Waals surface area contributed by atoms with Gasteiger partial charge < -0.3 is 9.42 Å². The summed E-state index contributed by atoms with van der Waals surface area (Å²) in [5.41, 5.74) is 0.249. The molecule has 1 aliphatic rings. The van der Waals surface area contributed by atoms with Crippen LogP contribution < -0.4 is 0 Å². The van der Waals surface area contributed by atoms with Gasteiger partial charge in [0.2, 0.25) is 17.6 Å². The number of benzene rings is 1. The maximum atomic E-state index is 12.7. The monoisotopic (exact) mass is 381 g/mol. The van der Waals surface area contributed by atoms with E-state index in [4.69, 9.17) is 27.7 Å². The zero-order valence-electron chi connectivity index (χ0n) is 14.3. The number of likely N-dealkylation sites (tertiary alicyclic amines) is 1. The third kappa shape index (κ3) is 3.98. The number of carbonyl (C=O) groups excluding carboxylic acids is 1. The fourth-order valence-corrected chi connectivity index (χ4v) is 3.30. The van der Waals surface area contributed by atoms with Crippen molar-refractivity contribution in [1.29, 1.82) is 0 Å². The van der Waals surface area contributed by atoms with Crippen LogP contribution in [0.3, 0.4) is 0 Å². The summed E-state index contributed by atoms with van der Waals surface area (Å²) in [6, 6.07) is 7.34. The van der Waals surface area contributed by atoms with E-state index in [0.717, 1.165) is 24.9 Å². The van der Waals surface area contributed by atoms with Crippen LogP contribution >= 0.6 is 23.2 Å². The molecule has 0 aliphatic carbocycles. The quantitative estimate of drug-likeness (QED) is 0.738. The van der Waals surface area contributed by atoms with Crippen molar-refractivity contribution in [2.75, 3.05) is 19.0 Å². The lowest BCUT2D eigenvalue weighted by molar-refractivity contribution is -0.140. The third-order valence-electron chi connectivity index (χ3n) is 4.50. The van der Waals surface area contributed by atoms with Crippen molar-refractivity contribution in [2.24, 2.45) is 5.41 Å². The van der Waals surface area contributed by atoms with Crippen molar-refractivity contribution >= 4 is 29.1 Å². The van der Waals surface area contributed by atoms with Gasteiger partial charge in [0.15, 0.2) is 0 Å². The molecule has 1 amide bonds. The van der Waals surface area contributed by atoms with E-state index in [0.29, 0.717) is 29.2 Å². The molecule has 0 N–H and O–H groups in total. The first-order chi connectivity index (χ1) is 11.9. The second-order valence-electron chi connectivity index (χ2n) is 7.07. The molecule has 0 bridgehead atoms. The van der Waals surface area contributed by atoms with Crippen molar-refractivity contribution in [3.63, 3.8) is 0 Å². The van der Waals surface area contributed by atoms with E-state index in [1.807, 2.05) is 30.9 Å². The molecule has 1 saturated heterocycles. The molecule has 5 nitrogen and oxygen atoms in total. The summed E-state index contributed by atoms with van der Waals surface area (Å²) in [4.78, 5) is 19.0. The van der Waals surface area contributed by atoms with Gasteiger partial charge in [0.25, 0.3) is 0 Å². The van der Waals surface area contributed by atoms with E-state index in [1.54, 1.807) is 12.1 Å². The Morgan fingerprint density at radius 1 is 1.44 bits per heavy atom. The lowest BCUT2D eigenvalue weighted by atomic mass is 9.91. The van der Waals surface area contributed by atoms with Crippen LogP contribution in [0.5, 0.6) is 0 Å². The number of rotatable bonds is 4. The van der Waals surface area contributed by atoms with Crippen molar-refractivity contribution in [3.05, 3.63) is 35.2 Å². The van der Waals surface area contributed by atoms with Gasteiger partial charge in [-0.2, -0.15) is 4.98 Å². The largest absolute Gasteiger partial charge is 0.341 e. The molecular formula is C18H21Cl2N3O2. The SMILES string of the molecule is CC(C)(CCl)C(=O)N1CCC[C@H](c2nc(-c3cccc(Cl)c3)no2)C1. The minimum atomic E-state index is -0.565. The van der Waals surface area contributed by atoms with Crippen LogP contribution in [0.4, 0.5) is 0 Å². The van der Waals surface area contributed by atoms with Crippen LogP contribution in [0.1, 0.15) is 38.5 Å². The first-order valence-electron chi connectivity index (χ1n) is 8.35. The summed E-state index contributed by atoms with van der Waals surface area (Å²) < 4.78 is 5.47. The lowest BCUT2D eigenvalue weighted by Crippen LogP contribution is -2.46. The van der Waals surface area contributed by atoms with E-state index in [1.165, 1.54) is 0 Å². The Morgan fingerprint density at radius 2 is 2.24 bits per heavy atom. The van der Waals surface area contributed by atoms with Crippen molar-refractivity contribution in [2.45, 2.75) is 32.6 Å². The number of aromatic nitrogens is 2. The van der Waals surface area contributed by atoms with Crippen LogP contribution in [-0.4, -0.2) is 39.9 Å². The Kier molecular flexibility index (Phi) is 5.35. The Labute approximate surface area is 157 Å². The van der Waals surface area contributed by atoms with Crippen molar-refractivity contribution in [1.82, 2.24) is 15.0 Å². The van der Waals surface area contributed by atoms with Gasteiger partial charge in [-0.15, -0.1) is 11.6 Å². The number of amides is 1. The first-order valence-corrected chi connectivity index (χ1v) is 9.27.